The Morgan fingerprint density at radius 3 is 1.54 bits per heavy atom. The molecule has 0 aromatic carbocycles. The summed E-state index contributed by atoms with van der Waals surface area (Å²) >= 11 is 0. The van der Waals surface area contributed by atoms with Gasteiger partial charge in [-0.2, -0.15) is 0 Å². The van der Waals surface area contributed by atoms with Crippen molar-refractivity contribution in [2.45, 2.75) is 64.6 Å². The lowest BCUT2D eigenvalue weighted by Crippen LogP contribution is -2.14. The van der Waals surface area contributed by atoms with Crippen molar-refractivity contribution < 1.29 is 34.1 Å². The Hall–Kier alpha value is -2.33. The molecule has 2 atom stereocenters. The van der Waals surface area contributed by atoms with Crippen LogP contribution in [0.4, 0.5) is 4.79 Å². The number of hydrogen-bond acceptors (Lipinski definition) is 9. The highest BCUT2D eigenvalue weighted by atomic mass is 17.0. The Morgan fingerprint density at radius 1 is 0.833 bits per heavy atom. The van der Waals surface area contributed by atoms with Crippen LogP contribution in [-0.2, 0) is 19.1 Å². The second-order valence-corrected chi connectivity index (χ2v) is 5.22. The molecule has 0 amide bonds. The molecule has 0 aromatic heterocycles. The lowest BCUT2D eigenvalue weighted by Gasteiger charge is -2.10. The molecule has 0 aromatic rings. The van der Waals surface area contributed by atoms with E-state index in [1.807, 2.05) is 0 Å². The monoisotopic (exact) mass is 352 g/mol. The van der Waals surface area contributed by atoms with Gasteiger partial charge in [-0.15, -0.1) is 20.2 Å². The molecule has 11 nitrogen and oxygen atoms in total. The Bertz CT molecular complexity index is 358. The molecule has 0 N–H and O–H groups in total. The smallest absolute Gasteiger partial charge is 0.434 e. The van der Waals surface area contributed by atoms with Crippen LogP contribution in [0.2, 0.25) is 0 Å². The van der Waals surface area contributed by atoms with Gasteiger partial charge < -0.3 is 19.1 Å². The first-order valence-corrected chi connectivity index (χ1v) is 7.73. The average molecular weight is 352 g/mol. The highest BCUT2D eigenvalue weighted by Crippen LogP contribution is 2.06. The van der Waals surface area contributed by atoms with E-state index in [2.05, 4.69) is 9.68 Å². The third-order valence-electron chi connectivity index (χ3n) is 2.98. The van der Waals surface area contributed by atoms with E-state index < -0.39 is 28.5 Å². The van der Waals surface area contributed by atoms with Crippen LogP contribution in [0.5, 0.6) is 0 Å². The minimum atomic E-state index is -0.831. The van der Waals surface area contributed by atoms with E-state index >= 15 is 0 Å². The van der Waals surface area contributed by atoms with Gasteiger partial charge in [-0.3, -0.25) is 0 Å². The van der Waals surface area contributed by atoms with Crippen molar-refractivity contribution in [3.05, 3.63) is 20.2 Å². The molecule has 0 fully saturated rings. The number of carbonyl (C=O) groups excluding carboxylic acids is 1. The topological polar surface area (TPSA) is 140 Å². The maximum absolute atomic E-state index is 11.3. The van der Waals surface area contributed by atoms with Crippen LogP contribution in [0, 0.1) is 20.2 Å². The van der Waals surface area contributed by atoms with E-state index in [1.54, 1.807) is 13.8 Å². The Morgan fingerprint density at radius 2 is 1.21 bits per heavy atom. The van der Waals surface area contributed by atoms with Gasteiger partial charge in [0.1, 0.15) is 12.2 Å². The van der Waals surface area contributed by atoms with Gasteiger partial charge in [0.05, 0.1) is 13.2 Å². The van der Waals surface area contributed by atoms with Crippen molar-refractivity contribution in [1.29, 1.82) is 0 Å². The summed E-state index contributed by atoms with van der Waals surface area (Å²) in [5, 5.41) is 18.5. The molecule has 0 unspecified atom stereocenters. The molecule has 0 aliphatic carbocycles. The van der Waals surface area contributed by atoms with Gasteiger partial charge in [0.2, 0.25) is 0 Å². The van der Waals surface area contributed by atoms with Crippen molar-refractivity contribution in [3.63, 3.8) is 0 Å². The largest absolute Gasteiger partial charge is 0.508 e. The normalized spacial score (nSPS) is 12.8. The van der Waals surface area contributed by atoms with E-state index in [1.165, 1.54) is 0 Å². The zero-order valence-electron chi connectivity index (χ0n) is 13.9. The van der Waals surface area contributed by atoms with Gasteiger partial charge in [0.15, 0.2) is 0 Å². The van der Waals surface area contributed by atoms with Crippen molar-refractivity contribution >= 4 is 6.16 Å². The van der Waals surface area contributed by atoms with E-state index in [0.717, 1.165) is 0 Å². The standard InChI is InChI=1S/C13H24N2O9/c1-11(23-14(17)18)7-3-5-9-21-13(16)22-10-6-4-8-12(2)24-15(19)20/h11-12H,3-10H2,1-2H3/t11-,12-/m1/s1. The highest BCUT2D eigenvalue weighted by Gasteiger charge is 2.09. The number of rotatable bonds is 14. The van der Waals surface area contributed by atoms with Crippen LogP contribution >= 0.6 is 0 Å². The zero-order chi connectivity index (χ0) is 18.4. The molecule has 0 aliphatic rings. The van der Waals surface area contributed by atoms with Gasteiger partial charge >= 0.3 is 6.16 Å². The lowest BCUT2D eigenvalue weighted by atomic mass is 10.2. The molecule has 0 aliphatic heterocycles. The van der Waals surface area contributed by atoms with Crippen molar-refractivity contribution in [1.82, 2.24) is 0 Å². The molecule has 0 bridgehead atoms. The maximum atomic E-state index is 11.3. The molecule has 0 saturated heterocycles. The van der Waals surface area contributed by atoms with E-state index in [9.17, 15) is 25.0 Å². The highest BCUT2D eigenvalue weighted by molar-refractivity contribution is 5.59. The molecular formula is C13H24N2O9. The first-order valence-electron chi connectivity index (χ1n) is 7.73. The predicted molar refractivity (Wildman–Crippen MR) is 80.1 cm³/mol. The third kappa shape index (κ3) is 14.6. The summed E-state index contributed by atoms with van der Waals surface area (Å²) in [5.74, 6) is 0. The fraction of sp³-hybridized carbons (Fsp3) is 0.923. The summed E-state index contributed by atoms with van der Waals surface area (Å²) in [4.78, 5) is 40.1. The average Bonchev–Trinajstić information content (AvgIpc) is 2.44. The summed E-state index contributed by atoms with van der Waals surface area (Å²) in [6.45, 7) is 3.51. The van der Waals surface area contributed by atoms with E-state index in [0.29, 0.717) is 38.5 Å². The number of nitrogens with zero attached hydrogens (tertiary/aromatic N) is 2. The second-order valence-electron chi connectivity index (χ2n) is 5.22. The number of hydrogen-bond donors (Lipinski definition) is 0. The summed E-state index contributed by atoms with van der Waals surface area (Å²) in [7, 11) is 0. The SMILES string of the molecule is C[C@H](CCCCOC(=O)OCCCC[C@@H](C)O[N+](=O)[O-])O[N+](=O)[O-]. The molecule has 11 heteroatoms. The van der Waals surface area contributed by atoms with Crippen LogP contribution in [0.15, 0.2) is 0 Å². The fourth-order valence-electron chi connectivity index (χ4n) is 1.82. The van der Waals surface area contributed by atoms with Gasteiger partial charge in [0, 0.05) is 0 Å². The lowest BCUT2D eigenvalue weighted by molar-refractivity contribution is -0.767. The molecular weight excluding hydrogens is 328 g/mol. The summed E-state index contributed by atoms with van der Waals surface area (Å²) in [6.07, 6.45) is 1.56. The van der Waals surface area contributed by atoms with Gasteiger partial charge in [-0.05, 0) is 52.4 Å². The minimum Gasteiger partial charge on any atom is -0.434 e. The van der Waals surface area contributed by atoms with Crippen LogP contribution < -0.4 is 0 Å². The van der Waals surface area contributed by atoms with E-state index in [-0.39, 0.29) is 13.2 Å². The summed E-state index contributed by atoms with van der Waals surface area (Å²) in [5.41, 5.74) is 0. The Balaban J connectivity index is 3.44. The molecule has 24 heavy (non-hydrogen) atoms. The second kappa shape index (κ2) is 13.1. The minimum absolute atomic E-state index is 0.164. The van der Waals surface area contributed by atoms with Crippen LogP contribution in [0.1, 0.15) is 52.4 Å². The maximum Gasteiger partial charge on any atom is 0.508 e. The first-order chi connectivity index (χ1) is 11.3. The number of carbonyl (C=O) groups is 1. The van der Waals surface area contributed by atoms with Crippen molar-refractivity contribution in [2.24, 2.45) is 0 Å². The molecule has 0 heterocycles. The summed E-state index contributed by atoms with van der Waals surface area (Å²) < 4.78 is 9.67. The fourth-order valence-corrected chi connectivity index (χ4v) is 1.82. The van der Waals surface area contributed by atoms with Crippen molar-refractivity contribution in [2.75, 3.05) is 13.2 Å². The molecule has 0 spiro atoms. The summed E-state index contributed by atoms with van der Waals surface area (Å²) in [6, 6.07) is 0. The van der Waals surface area contributed by atoms with Crippen LogP contribution in [0.3, 0.4) is 0 Å². The van der Waals surface area contributed by atoms with Gasteiger partial charge in [-0.1, -0.05) is 0 Å². The zero-order valence-corrected chi connectivity index (χ0v) is 13.9. The quantitative estimate of drug-likeness (QED) is 0.199. The van der Waals surface area contributed by atoms with E-state index in [4.69, 9.17) is 9.47 Å². The molecule has 0 rings (SSSR count). The molecule has 0 saturated carbocycles. The number of ether oxygens (including phenoxy) is 2. The Labute approximate surface area is 139 Å². The van der Waals surface area contributed by atoms with Crippen LogP contribution in [-0.4, -0.2) is 41.8 Å². The molecule has 0 radical (unpaired) electrons. The van der Waals surface area contributed by atoms with Gasteiger partial charge in [-0.25, -0.2) is 4.79 Å². The predicted octanol–water partition coefficient (Wildman–Crippen LogP) is 2.67. The number of unbranched alkanes of at least 4 members (excludes halogenated alkanes) is 2. The Kier molecular flexibility index (Phi) is 11.9. The van der Waals surface area contributed by atoms with Crippen molar-refractivity contribution in [3.8, 4) is 0 Å². The molecule has 140 valence electrons. The third-order valence-corrected chi connectivity index (χ3v) is 2.98. The van der Waals surface area contributed by atoms with Gasteiger partial charge in [0.25, 0.3) is 10.2 Å². The first kappa shape index (κ1) is 21.7. The van der Waals surface area contributed by atoms with Crippen LogP contribution in [0.25, 0.3) is 0 Å².